The second-order valence-corrected chi connectivity index (χ2v) is 12.3. The van der Waals surface area contributed by atoms with Crippen molar-refractivity contribution >= 4 is 12.0 Å². The molecule has 35 heavy (non-hydrogen) atoms. The average molecular weight is 497 g/mol. The Kier molecular flexibility index (Phi) is 6.98. The molecule has 3 fully saturated rings. The fourth-order valence-electron chi connectivity index (χ4n) is 5.96. The first-order valence-corrected chi connectivity index (χ1v) is 12.7. The summed E-state index contributed by atoms with van der Waals surface area (Å²) in [7, 11) is 0. The Hall–Kier alpha value is -2.10. The Bertz CT molecular complexity index is 874. The zero-order valence-corrected chi connectivity index (χ0v) is 21.5. The molecule has 1 spiro atoms. The van der Waals surface area contributed by atoms with E-state index in [4.69, 9.17) is 0 Å². The van der Waals surface area contributed by atoms with Crippen molar-refractivity contribution in [3.8, 4) is 0 Å². The maximum Gasteiger partial charge on any atom is 0.419 e. The first kappa shape index (κ1) is 26.0. The third-order valence-corrected chi connectivity index (χ3v) is 7.68. The SMILES string of the molecule is C[C@@H]1CN(c2ncc(C(F)(F)F)cn2)C[C@H](C)N1C(=O)NCC1CC2(C1)CN(CCC(C)(C)C)C2. The Labute approximate surface area is 206 Å². The van der Waals surface area contributed by atoms with Gasteiger partial charge < -0.3 is 20.0 Å². The predicted octanol–water partition coefficient (Wildman–Crippen LogP) is 4.25. The number of piperazine rings is 1. The zero-order chi connectivity index (χ0) is 25.6. The van der Waals surface area contributed by atoms with Crippen molar-refractivity contribution in [2.24, 2.45) is 16.7 Å². The van der Waals surface area contributed by atoms with Gasteiger partial charge in [-0.25, -0.2) is 14.8 Å². The smallest absolute Gasteiger partial charge is 0.338 e. The highest BCUT2D eigenvalue weighted by Crippen LogP contribution is 2.51. The van der Waals surface area contributed by atoms with Gasteiger partial charge in [-0.15, -0.1) is 0 Å². The molecular formula is C25H39F3N6O. The highest BCUT2D eigenvalue weighted by molar-refractivity contribution is 5.75. The van der Waals surface area contributed by atoms with Gasteiger partial charge in [0, 0.05) is 57.2 Å². The molecule has 2 amide bonds. The second kappa shape index (κ2) is 9.41. The molecule has 1 aromatic rings. The molecule has 0 radical (unpaired) electrons. The molecular weight excluding hydrogens is 457 g/mol. The van der Waals surface area contributed by atoms with E-state index < -0.39 is 11.7 Å². The van der Waals surface area contributed by atoms with Crippen LogP contribution in [-0.4, -0.2) is 77.2 Å². The van der Waals surface area contributed by atoms with Gasteiger partial charge in [0.25, 0.3) is 0 Å². The maximum absolute atomic E-state index is 13.0. The molecule has 1 aromatic heterocycles. The minimum Gasteiger partial charge on any atom is -0.338 e. The Morgan fingerprint density at radius 1 is 1.09 bits per heavy atom. The third kappa shape index (κ3) is 6.01. The monoisotopic (exact) mass is 496 g/mol. The summed E-state index contributed by atoms with van der Waals surface area (Å²) in [5.41, 5.74) is -0.0152. The number of urea groups is 1. The van der Waals surface area contributed by atoms with Crippen molar-refractivity contribution in [2.45, 2.75) is 72.1 Å². The molecule has 2 atom stereocenters. The molecule has 7 nitrogen and oxygen atoms in total. The lowest BCUT2D eigenvalue weighted by atomic mass is 9.57. The maximum atomic E-state index is 13.0. The number of likely N-dealkylation sites (tertiary alicyclic amines) is 1. The molecule has 4 rings (SSSR count). The quantitative estimate of drug-likeness (QED) is 0.660. The van der Waals surface area contributed by atoms with Gasteiger partial charge in [0.05, 0.1) is 5.56 Å². The summed E-state index contributed by atoms with van der Waals surface area (Å²) in [4.78, 5) is 27.0. The predicted molar refractivity (Wildman–Crippen MR) is 129 cm³/mol. The molecule has 1 saturated carbocycles. The molecule has 2 aliphatic heterocycles. The zero-order valence-electron chi connectivity index (χ0n) is 21.5. The van der Waals surface area contributed by atoms with Crippen LogP contribution in [0.3, 0.4) is 0 Å². The summed E-state index contributed by atoms with van der Waals surface area (Å²) in [6.07, 6.45) is 0.756. The van der Waals surface area contributed by atoms with Crippen LogP contribution in [0.4, 0.5) is 23.9 Å². The number of carbonyl (C=O) groups excluding carboxylic acids is 1. The van der Waals surface area contributed by atoms with E-state index in [1.807, 2.05) is 23.6 Å². The number of hydrogen-bond donors (Lipinski definition) is 1. The lowest BCUT2D eigenvalue weighted by molar-refractivity contribution is -0.138. The second-order valence-electron chi connectivity index (χ2n) is 12.3. The minimum absolute atomic E-state index is 0.0700. The van der Waals surface area contributed by atoms with Crippen LogP contribution in [0.5, 0.6) is 0 Å². The van der Waals surface area contributed by atoms with E-state index in [-0.39, 0.29) is 24.1 Å². The number of anilines is 1. The standard InChI is InChI=1S/C25H39F3N6O/c1-17-13-33(21-29-11-20(12-30-21)25(26,27)28)14-18(2)34(17)22(35)31-10-19-8-24(9-19)15-32(16-24)7-6-23(3,4)5/h11-12,17-19H,6-10,13-16H2,1-5H3,(H,31,35)/t17-,18+. The lowest BCUT2D eigenvalue weighted by Crippen LogP contribution is -2.64. The highest BCUT2D eigenvalue weighted by atomic mass is 19.4. The summed E-state index contributed by atoms with van der Waals surface area (Å²) < 4.78 is 38.4. The van der Waals surface area contributed by atoms with E-state index in [1.165, 1.54) is 38.9 Å². The first-order chi connectivity index (χ1) is 16.2. The van der Waals surface area contributed by atoms with Crippen LogP contribution in [0.1, 0.15) is 59.4 Å². The van der Waals surface area contributed by atoms with Crippen LogP contribution in [0, 0.1) is 16.7 Å². The van der Waals surface area contributed by atoms with Gasteiger partial charge in [0.15, 0.2) is 0 Å². The van der Waals surface area contributed by atoms with Crippen LogP contribution >= 0.6 is 0 Å². The fraction of sp³-hybridized carbons (Fsp3) is 0.800. The first-order valence-electron chi connectivity index (χ1n) is 12.7. The van der Waals surface area contributed by atoms with Crippen LogP contribution < -0.4 is 10.2 Å². The van der Waals surface area contributed by atoms with Crippen molar-refractivity contribution in [2.75, 3.05) is 44.2 Å². The largest absolute Gasteiger partial charge is 0.419 e. The Morgan fingerprint density at radius 3 is 2.17 bits per heavy atom. The summed E-state index contributed by atoms with van der Waals surface area (Å²) in [6.45, 7) is 16.0. The van der Waals surface area contributed by atoms with Crippen LogP contribution in [-0.2, 0) is 6.18 Å². The topological polar surface area (TPSA) is 64.6 Å². The van der Waals surface area contributed by atoms with Crippen molar-refractivity contribution in [1.29, 1.82) is 0 Å². The van der Waals surface area contributed by atoms with E-state index in [0.29, 0.717) is 36.4 Å². The molecule has 0 aromatic carbocycles. The number of rotatable bonds is 5. The number of carbonyl (C=O) groups is 1. The normalized spacial score (nSPS) is 25.4. The van der Waals surface area contributed by atoms with Gasteiger partial charge in [0.1, 0.15) is 0 Å². The number of amides is 2. The number of nitrogens with one attached hydrogen (secondary N) is 1. The number of nitrogens with zero attached hydrogens (tertiary/aromatic N) is 5. The molecule has 10 heteroatoms. The van der Waals surface area contributed by atoms with Gasteiger partial charge in [-0.2, -0.15) is 13.2 Å². The third-order valence-electron chi connectivity index (χ3n) is 7.68. The molecule has 0 bridgehead atoms. The number of hydrogen-bond acceptors (Lipinski definition) is 5. The van der Waals surface area contributed by atoms with Gasteiger partial charge in [0.2, 0.25) is 5.95 Å². The van der Waals surface area contributed by atoms with Crippen LogP contribution in [0.25, 0.3) is 0 Å². The molecule has 1 aliphatic carbocycles. The molecule has 3 aliphatic rings. The van der Waals surface area contributed by atoms with E-state index >= 15 is 0 Å². The van der Waals surface area contributed by atoms with Crippen LogP contribution in [0.2, 0.25) is 0 Å². The molecule has 3 heterocycles. The Morgan fingerprint density at radius 2 is 1.66 bits per heavy atom. The van der Waals surface area contributed by atoms with Gasteiger partial charge >= 0.3 is 12.2 Å². The summed E-state index contributed by atoms with van der Waals surface area (Å²) >= 11 is 0. The van der Waals surface area contributed by atoms with E-state index in [2.05, 4.69) is 41.0 Å². The molecule has 196 valence electrons. The van der Waals surface area contributed by atoms with Crippen molar-refractivity contribution < 1.29 is 18.0 Å². The van der Waals surface area contributed by atoms with Crippen LogP contribution in [0.15, 0.2) is 12.4 Å². The van der Waals surface area contributed by atoms with E-state index in [1.54, 1.807) is 0 Å². The Balaban J connectivity index is 1.20. The van der Waals surface area contributed by atoms with Crippen molar-refractivity contribution in [1.82, 2.24) is 25.1 Å². The van der Waals surface area contributed by atoms with Gasteiger partial charge in [-0.3, -0.25) is 0 Å². The molecule has 1 N–H and O–H groups in total. The average Bonchev–Trinajstić information content (AvgIpc) is 2.69. The molecule has 2 saturated heterocycles. The fourth-order valence-corrected chi connectivity index (χ4v) is 5.96. The highest BCUT2D eigenvalue weighted by Gasteiger charge is 2.51. The lowest BCUT2D eigenvalue weighted by Gasteiger charge is -2.59. The number of aromatic nitrogens is 2. The number of alkyl halides is 3. The summed E-state index contributed by atoms with van der Waals surface area (Å²) in [6, 6.07) is -0.292. The summed E-state index contributed by atoms with van der Waals surface area (Å²) in [5.74, 6) is 0.796. The van der Waals surface area contributed by atoms with Crippen molar-refractivity contribution in [3.05, 3.63) is 18.0 Å². The van der Waals surface area contributed by atoms with E-state index in [0.717, 1.165) is 12.4 Å². The summed E-state index contributed by atoms with van der Waals surface area (Å²) in [5, 5.41) is 3.13. The minimum atomic E-state index is -4.46. The van der Waals surface area contributed by atoms with E-state index in [9.17, 15) is 18.0 Å². The number of halogens is 3. The van der Waals surface area contributed by atoms with Gasteiger partial charge in [-0.1, -0.05) is 20.8 Å². The van der Waals surface area contributed by atoms with Crippen molar-refractivity contribution in [3.63, 3.8) is 0 Å². The molecule has 0 unspecified atom stereocenters. The van der Waals surface area contributed by atoms with Gasteiger partial charge in [-0.05, 0) is 56.4 Å².